The van der Waals surface area contributed by atoms with Gasteiger partial charge in [-0.2, -0.15) is 0 Å². The Morgan fingerprint density at radius 2 is 2.11 bits per heavy atom. The van der Waals surface area contributed by atoms with E-state index in [1.54, 1.807) is 18.2 Å². The van der Waals surface area contributed by atoms with Crippen molar-refractivity contribution in [2.45, 2.75) is 26.3 Å². The maximum Gasteiger partial charge on any atom is 0.250 e. The van der Waals surface area contributed by atoms with E-state index in [1.807, 2.05) is 0 Å². The summed E-state index contributed by atoms with van der Waals surface area (Å²) in [5, 5.41) is 3.66. The Balaban J connectivity index is 2.78. The van der Waals surface area contributed by atoms with E-state index in [9.17, 15) is 4.79 Å². The van der Waals surface area contributed by atoms with Gasteiger partial charge in [-0.1, -0.05) is 25.4 Å². The van der Waals surface area contributed by atoms with Crippen LogP contribution in [0.3, 0.4) is 0 Å². The zero-order valence-electron chi connectivity index (χ0n) is 10.7. The van der Waals surface area contributed by atoms with Gasteiger partial charge in [-0.15, -0.1) is 0 Å². The third kappa shape index (κ3) is 4.20. The minimum absolute atomic E-state index is 0.195. The fourth-order valence-electron chi connectivity index (χ4n) is 1.82. The van der Waals surface area contributed by atoms with Crippen LogP contribution in [0.25, 0.3) is 0 Å². The van der Waals surface area contributed by atoms with Crippen molar-refractivity contribution < 1.29 is 4.79 Å². The van der Waals surface area contributed by atoms with Crippen molar-refractivity contribution in [3.05, 3.63) is 28.8 Å². The van der Waals surface area contributed by atoms with Gasteiger partial charge in [0.15, 0.2) is 0 Å². The van der Waals surface area contributed by atoms with E-state index < -0.39 is 5.91 Å². The van der Waals surface area contributed by atoms with Crippen molar-refractivity contribution in [2.24, 2.45) is 17.4 Å². The van der Waals surface area contributed by atoms with E-state index in [4.69, 9.17) is 23.1 Å². The molecule has 0 saturated heterocycles. The van der Waals surface area contributed by atoms with Crippen LogP contribution in [0.2, 0.25) is 5.02 Å². The zero-order chi connectivity index (χ0) is 13.7. The Morgan fingerprint density at radius 3 is 2.56 bits per heavy atom. The minimum atomic E-state index is -0.524. The Labute approximate surface area is 113 Å². The second-order valence-corrected chi connectivity index (χ2v) is 5.17. The maximum absolute atomic E-state index is 11.1. The van der Waals surface area contributed by atoms with Crippen molar-refractivity contribution in [3.63, 3.8) is 0 Å². The van der Waals surface area contributed by atoms with E-state index >= 15 is 0 Å². The number of carbonyl (C=O) groups is 1. The molecule has 5 heteroatoms. The van der Waals surface area contributed by atoms with Crippen LogP contribution in [-0.2, 0) is 0 Å². The SMILES string of the molecule is CC(C)CC(CN)Nc1ccc(C(N)=O)c(Cl)c1. The van der Waals surface area contributed by atoms with Gasteiger partial charge in [-0.3, -0.25) is 4.79 Å². The highest BCUT2D eigenvalue weighted by Crippen LogP contribution is 2.22. The summed E-state index contributed by atoms with van der Waals surface area (Å²) in [7, 11) is 0. The number of amides is 1. The van der Waals surface area contributed by atoms with Crippen molar-refractivity contribution >= 4 is 23.2 Å². The Hall–Kier alpha value is -1.26. The first kappa shape index (κ1) is 14.8. The molecule has 1 amide bonds. The van der Waals surface area contributed by atoms with Gasteiger partial charge < -0.3 is 16.8 Å². The second-order valence-electron chi connectivity index (χ2n) is 4.77. The molecule has 0 heterocycles. The largest absolute Gasteiger partial charge is 0.381 e. The van der Waals surface area contributed by atoms with Crippen molar-refractivity contribution in [1.29, 1.82) is 0 Å². The Morgan fingerprint density at radius 1 is 1.44 bits per heavy atom. The van der Waals surface area contributed by atoms with Gasteiger partial charge in [0.1, 0.15) is 0 Å². The lowest BCUT2D eigenvalue weighted by molar-refractivity contribution is 0.100. The van der Waals surface area contributed by atoms with Crippen molar-refractivity contribution in [1.82, 2.24) is 0 Å². The molecule has 0 aromatic heterocycles. The first-order chi connectivity index (χ1) is 8.43. The molecule has 1 aromatic rings. The van der Waals surface area contributed by atoms with Gasteiger partial charge in [0, 0.05) is 18.3 Å². The molecule has 4 nitrogen and oxygen atoms in total. The summed E-state index contributed by atoms with van der Waals surface area (Å²) in [5.74, 6) is 0.0375. The van der Waals surface area contributed by atoms with Gasteiger partial charge >= 0.3 is 0 Å². The average Bonchev–Trinajstić information content (AvgIpc) is 2.27. The number of nitrogens with one attached hydrogen (secondary N) is 1. The second kappa shape index (κ2) is 6.61. The molecule has 0 radical (unpaired) electrons. The molecular formula is C13H20ClN3O. The van der Waals surface area contributed by atoms with Crippen LogP contribution in [0.4, 0.5) is 5.69 Å². The summed E-state index contributed by atoms with van der Waals surface area (Å²) in [6.45, 7) is 4.84. The third-order valence-corrected chi connectivity index (χ3v) is 2.96. The molecule has 0 aliphatic carbocycles. The number of hydrogen-bond acceptors (Lipinski definition) is 3. The zero-order valence-corrected chi connectivity index (χ0v) is 11.5. The van der Waals surface area contributed by atoms with Crippen LogP contribution in [0.5, 0.6) is 0 Å². The van der Waals surface area contributed by atoms with Crippen LogP contribution in [0.1, 0.15) is 30.6 Å². The summed E-state index contributed by atoms with van der Waals surface area (Å²) < 4.78 is 0. The molecular weight excluding hydrogens is 250 g/mol. The highest BCUT2D eigenvalue weighted by atomic mass is 35.5. The Kier molecular flexibility index (Phi) is 5.44. The van der Waals surface area contributed by atoms with Gasteiger partial charge in [0.05, 0.1) is 10.6 Å². The fourth-order valence-corrected chi connectivity index (χ4v) is 2.10. The molecule has 18 heavy (non-hydrogen) atoms. The van der Waals surface area contributed by atoms with Gasteiger partial charge in [0.25, 0.3) is 0 Å². The number of anilines is 1. The molecule has 1 atom stereocenters. The van der Waals surface area contributed by atoms with Gasteiger partial charge in [-0.05, 0) is 30.5 Å². The van der Waals surface area contributed by atoms with Crippen LogP contribution in [-0.4, -0.2) is 18.5 Å². The molecule has 100 valence electrons. The Bertz CT molecular complexity index is 421. The lowest BCUT2D eigenvalue weighted by Crippen LogP contribution is -2.30. The summed E-state index contributed by atoms with van der Waals surface area (Å²) in [5.41, 5.74) is 12.1. The molecule has 1 rings (SSSR count). The highest BCUT2D eigenvalue weighted by Gasteiger charge is 2.11. The fraction of sp³-hybridized carbons (Fsp3) is 0.462. The molecule has 1 unspecified atom stereocenters. The molecule has 0 saturated carbocycles. The van der Waals surface area contributed by atoms with Crippen molar-refractivity contribution in [2.75, 3.05) is 11.9 Å². The van der Waals surface area contributed by atoms with Gasteiger partial charge in [-0.25, -0.2) is 0 Å². The normalized spacial score (nSPS) is 12.5. The molecule has 0 fully saturated rings. The molecule has 0 bridgehead atoms. The van der Waals surface area contributed by atoms with Crippen LogP contribution >= 0.6 is 11.6 Å². The topological polar surface area (TPSA) is 81.1 Å². The molecule has 0 aliphatic heterocycles. The monoisotopic (exact) mass is 269 g/mol. The van der Waals surface area contributed by atoms with Crippen molar-refractivity contribution in [3.8, 4) is 0 Å². The lowest BCUT2D eigenvalue weighted by atomic mass is 10.0. The summed E-state index contributed by atoms with van der Waals surface area (Å²) in [6.07, 6.45) is 0.978. The number of halogens is 1. The highest BCUT2D eigenvalue weighted by molar-refractivity contribution is 6.34. The quantitative estimate of drug-likeness (QED) is 0.741. The van der Waals surface area contributed by atoms with E-state index in [-0.39, 0.29) is 6.04 Å². The smallest absolute Gasteiger partial charge is 0.250 e. The first-order valence-corrected chi connectivity index (χ1v) is 6.37. The predicted molar refractivity (Wildman–Crippen MR) is 75.9 cm³/mol. The molecule has 0 aliphatic rings. The van der Waals surface area contributed by atoms with Crippen LogP contribution in [0, 0.1) is 5.92 Å². The van der Waals surface area contributed by atoms with E-state index in [0.29, 0.717) is 23.0 Å². The van der Waals surface area contributed by atoms with E-state index in [2.05, 4.69) is 19.2 Å². The standard InChI is InChI=1S/C13H20ClN3O/c1-8(2)5-10(7-15)17-9-3-4-11(13(16)18)12(14)6-9/h3-4,6,8,10,17H,5,7,15H2,1-2H3,(H2,16,18). The molecule has 5 N–H and O–H groups in total. The number of primary amides is 1. The first-order valence-electron chi connectivity index (χ1n) is 6.00. The van der Waals surface area contributed by atoms with E-state index in [1.165, 1.54) is 0 Å². The number of carbonyl (C=O) groups excluding carboxylic acids is 1. The summed E-state index contributed by atoms with van der Waals surface area (Å²) in [6, 6.07) is 5.30. The molecule has 1 aromatic carbocycles. The van der Waals surface area contributed by atoms with Crippen LogP contribution < -0.4 is 16.8 Å². The maximum atomic E-state index is 11.1. The number of benzene rings is 1. The van der Waals surface area contributed by atoms with E-state index in [0.717, 1.165) is 12.1 Å². The number of nitrogens with two attached hydrogens (primary N) is 2. The summed E-state index contributed by atoms with van der Waals surface area (Å²) in [4.78, 5) is 11.1. The van der Waals surface area contributed by atoms with Crippen LogP contribution in [0.15, 0.2) is 18.2 Å². The summed E-state index contributed by atoms with van der Waals surface area (Å²) >= 11 is 5.98. The number of rotatable bonds is 6. The lowest BCUT2D eigenvalue weighted by Gasteiger charge is -2.20. The predicted octanol–water partition coefficient (Wildman–Crippen LogP) is 2.22. The van der Waals surface area contributed by atoms with Gasteiger partial charge in [0.2, 0.25) is 5.91 Å². The number of hydrogen-bond donors (Lipinski definition) is 3. The average molecular weight is 270 g/mol. The molecule has 0 spiro atoms. The minimum Gasteiger partial charge on any atom is -0.381 e. The third-order valence-electron chi connectivity index (χ3n) is 2.65.